The van der Waals surface area contributed by atoms with Gasteiger partial charge in [-0.1, -0.05) is 21.6 Å². The highest BCUT2D eigenvalue weighted by Crippen LogP contribution is 2.23. The second kappa shape index (κ2) is 4.77. The Morgan fingerprint density at radius 1 is 1.36 bits per heavy atom. The van der Waals surface area contributed by atoms with Crippen LogP contribution < -0.4 is 5.73 Å². The number of aliphatic imine (C=N–C) groups is 1. The van der Waals surface area contributed by atoms with Gasteiger partial charge in [-0.05, 0) is 0 Å². The molecule has 3 nitrogen and oxygen atoms in total. The Balaban J connectivity index is 2.42. The van der Waals surface area contributed by atoms with Crippen LogP contribution in [0.4, 0.5) is 0 Å². The van der Waals surface area contributed by atoms with Gasteiger partial charge in [0.15, 0.2) is 5.96 Å². The largest absolute Gasteiger partial charge is 0.370 e. The Bertz CT molecular complexity index is 141. The Hall–Kier alpha value is -0.0300. The minimum Gasteiger partial charge on any atom is -0.370 e. The summed E-state index contributed by atoms with van der Waals surface area (Å²) in [5.41, 5.74) is 5.67. The molecular weight excluding hydrogens is 178 g/mol. The van der Waals surface area contributed by atoms with Crippen molar-refractivity contribution in [2.75, 3.05) is 31.6 Å². The van der Waals surface area contributed by atoms with Gasteiger partial charge in [0, 0.05) is 31.6 Å². The van der Waals surface area contributed by atoms with E-state index in [1.165, 1.54) is 0 Å². The highest BCUT2D eigenvalue weighted by atomic mass is 33.1. The average Bonchev–Trinajstić information content (AvgIpc) is 2.30. The van der Waals surface area contributed by atoms with E-state index in [1.54, 1.807) is 7.05 Å². The molecule has 1 saturated heterocycles. The lowest BCUT2D eigenvalue weighted by molar-refractivity contribution is 0.469. The minimum absolute atomic E-state index is 0.674. The first-order valence-electron chi connectivity index (χ1n) is 3.56. The lowest BCUT2D eigenvalue weighted by Gasteiger charge is -2.19. The second-order valence-corrected chi connectivity index (χ2v) is 4.91. The minimum atomic E-state index is 0.674. The molecule has 1 aliphatic rings. The van der Waals surface area contributed by atoms with Crippen LogP contribution in [0.25, 0.3) is 0 Å². The molecule has 0 amide bonds. The van der Waals surface area contributed by atoms with E-state index in [2.05, 4.69) is 9.89 Å². The van der Waals surface area contributed by atoms with Crippen LogP contribution in [0.2, 0.25) is 0 Å². The van der Waals surface area contributed by atoms with Crippen LogP contribution in [-0.2, 0) is 0 Å². The summed E-state index contributed by atoms with van der Waals surface area (Å²) in [6.07, 6.45) is 0. The number of hydrogen-bond donors (Lipinski definition) is 1. The first kappa shape index (κ1) is 9.06. The molecule has 0 aromatic rings. The lowest BCUT2D eigenvalue weighted by atomic mass is 10.5. The van der Waals surface area contributed by atoms with Gasteiger partial charge in [-0.3, -0.25) is 4.99 Å². The number of guanidine groups is 1. The lowest BCUT2D eigenvalue weighted by Crippen LogP contribution is -2.39. The Kier molecular flexibility index (Phi) is 3.93. The Labute approximate surface area is 75.2 Å². The summed E-state index contributed by atoms with van der Waals surface area (Å²) in [7, 11) is 5.56. The number of nitrogens with zero attached hydrogens (tertiary/aromatic N) is 2. The molecular formula is C6H13N3S2. The zero-order valence-corrected chi connectivity index (χ0v) is 8.25. The van der Waals surface area contributed by atoms with Crippen LogP contribution >= 0.6 is 21.6 Å². The first-order chi connectivity index (χ1) is 5.34. The van der Waals surface area contributed by atoms with Gasteiger partial charge in [0.25, 0.3) is 0 Å². The molecule has 11 heavy (non-hydrogen) atoms. The van der Waals surface area contributed by atoms with Crippen molar-refractivity contribution >= 4 is 27.5 Å². The quantitative estimate of drug-likeness (QED) is 0.346. The number of rotatable bonds is 0. The van der Waals surface area contributed by atoms with E-state index < -0.39 is 0 Å². The zero-order chi connectivity index (χ0) is 8.10. The maximum atomic E-state index is 5.67. The molecule has 2 N–H and O–H groups in total. The SMILES string of the molecule is CN=C(N)N1CCSSCC1. The van der Waals surface area contributed by atoms with Crippen LogP contribution in [0.15, 0.2) is 4.99 Å². The van der Waals surface area contributed by atoms with E-state index in [9.17, 15) is 0 Å². The fraction of sp³-hybridized carbons (Fsp3) is 0.833. The van der Waals surface area contributed by atoms with Crippen molar-refractivity contribution in [1.29, 1.82) is 0 Å². The number of nitrogens with two attached hydrogens (primary N) is 1. The third-order valence-corrected chi connectivity index (χ3v) is 3.89. The van der Waals surface area contributed by atoms with Crippen LogP contribution in [-0.4, -0.2) is 42.5 Å². The second-order valence-electron chi connectivity index (χ2n) is 2.21. The van der Waals surface area contributed by atoms with E-state index in [0.29, 0.717) is 5.96 Å². The summed E-state index contributed by atoms with van der Waals surface area (Å²) in [5.74, 6) is 2.95. The molecule has 1 heterocycles. The molecule has 0 spiro atoms. The highest BCUT2D eigenvalue weighted by Gasteiger charge is 2.10. The molecule has 1 fully saturated rings. The van der Waals surface area contributed by atoms with Crippen molar-refractivity contribution in [3.05, 3.63) is 0 Å². The normalized spacial score (nSPS) is 21.5. The van der Waals surface area contributed by atoms with Crippen molar-refractivity contribution in [3.63, 3.8) is 0 Å². The molecule has 0 bridgehead atoms. The van der Waals surface area contributed by atoms with Crippen molar-refractivity contribution in [1.82, 2.24) is 4.90 Å². The average molecular weight is 191 g/mol. The van der Waals surface area contributed by atoms with E-state index in [0.717, 1.165) is 24.6 Å². The predicted molar refractivity (Wildman–Crippen MR) is 54.0 cm³/mol. The van der Waals surface area contributed by atoms with Gasteiger partial charge in [0.05, 0.1) is 0 Å². The van der Waals surface area contributed by atoms with Gasteiger partial charge in [-0.2, -0.15) is 0 Å². The van der Waals surface area contributed by atoms with E-state index in [1.807, 2.05) is 21.6 Å². The van der Waals surface area contributed by atoms with E-state index in [4.69, 9.17) is 5.73 Å². The molecule has 1 aliphatic heterocycles. The Morgan fingerprint density at radius 3 is 2.36 bits per heavy atom. The third-order valence-electron chi connectivity index (χ3n) is 1.53. The summed E-state index contributed by atoms with van der Waals surface area (Å²) < 4.78 is 0. The van der Waals surface area contributed by atoms with E-state index >= 15 is 0 Å². The van der Waals surface area contributed by atoms with Crippen LogP contribution in [0.1, 0.15) is 0 Å². The summed E-state index contributed by atoms with van der Waals surface area (Å²) in [6.45, 7) is 2.06. The topological polar surface area (TPSA) is 41.6 Å². The molecule has 0 aromatic heterocycles. The van der Waals surface area contributed by atoms with Crippen molar-refractivity contribution in [2.45, 2.75) is 0 Å². The van der Waals surface area contributed by atoms with Crippen molar-refractivity contribution in [2.24, 2.45) is 10.7 Å². The monoisotopic (exact) mass is 191 g/mol. The van der Waals surface area contributed by atoms with Crippen LogP contribution in [0.3, 0.4) is 0 Å². The molecule has 5 heteroatoms. The summed E-state index contributed by atoms with van der Waals surface area (Å²) in [6, 6.07) is 0. The fourth-order valence-corrected chi connectivity index (χ4v) is 2.87. The summed E-state index contributed by atoms with van der Waals surface area (Å²) in [4.78, 5) is 6.09. The van der Waals surface area contributed by atoms with Gasteiger partial charge in [-0.15, -0.1) is 0 Å². The van der Waals surface area contributed by atoms with Gasteiger partial charge < -0.3 is 10.6 Å². The molecule has 0 saturated carbocycles. The fourth-order valence-electron chi connectivity index (χ4n) is 0.895. The first-order valence-corrected chi connectivity index (χ1v) is 6.05. The Morgan fingerprint density at radius 2 is 1.91 bits per heavy atom. The molecule has 1 rings (SSSR count). The van der Waals surface area contributed by atoms with Gasteiger partial charge in [0.2, 0.25) is 0 Å². The molecule has 0 radical (unpaired) electrons. The molecule has 0 aromatic carbocycles. The summed E-state index contributed by atoms with van der Waals surface area (Å²) in [5, 5.41) is 0. The smallest absolute Gasteiger partial charge is 0.191 e. The van der Waals surface area contributed by atoms with Gasteiger partial charge >= 0.3 is 0 Å². The number of hydrogen-bond acceptors (Lipinski definition) is 3. The maximum Gasteiger partial charge on any atom is 0.191 e. The highest BCUT2D eigenvalue weighted by molar-refractivity contribution is 8.76. The maximum absolute atomic E-state index is 5.67. The summed E-state index contributed by atoms with van der Waals surface area (Å²) >= 11 is 0. The molecule has 64 valence electrons. The van der Waals surface area contributed by atoms with Crippen LogP contribution in [0, 0.1) is 0 Å². The molecule has 0 aliphatic carbocycles. The molecule has 0 unspecified atom stereocenters. The predicted octanol–water partition coefficient (Wildman–Crippen LogP) is 0.628. The van der Waals surface area contributed by atoms with Crippen LogP contribution in [0.5, 0.6) is 0 Å². The zero-order valence-electron chi connectivity index (χ0n) is 6.62. The molecule has 0 atom stereocenters. The van der Waals surface area contributed by atoms with Gasteiger partial charge in [0.1, 0.15) is 0 Å². The standard InChI is InChI=1S/C6H13N3S2/c1-8-6(7)9-2-4-10-11-5-3-9/h2-5H2,1H3,(H2,7,8). The van der Waals surface area contributed by atoms with E-state index in [-0.39, 0.29) is 0 Å². The van der Waals surface area contributed by atoms with Gasteiger partial charge in [-0.25, -0.2) is 0 Å². The van der Waals surface area contributed by atoms with Crippen molar-refractivity contribution in [3.8, 4) is 0 Å². The third kappa shape index (κ3) is 2.83. The van der Waals surface area contributed by atoms with Crippen molar-refractivity contribution < 1.29 is 0 Å².